The second kappa shape index (κ2) is 8.22. The third-order valence-corrected chi connectivity index (χ3v) is 3.79. The zero-order chi connectivity index (χ0) is 16.7. The van der Waals surface area contributed by atoms with Crippen molar-refractivity contribution >= 4 is 11.7 Å². The summed E-state index contributed by atoms with van der Waals surface area (Å²) >= 11 is 0. The van der Waals surface area contributed by atoms with Crippen molar-refractivity contribution in [3.8, 4) is 5.75 Å². The van der Waals surface area contributed by atoms with Gasteiger partial charge >= 0.3 is 6.03 Å². The Morgan fingerprint density at radius 3 is 2.52 bits per heavy atom. The van der Waals surface area contributed by atoms with Gasteiger partial charge in [-0.1, -0.05) is 37.6 Å². The number of rotatable bonds is 6. The van der Waals surface area contributed by atoms with Crippen LogP contribution in [0.1, 0.15) is 30.0 Å². The van der Waals surface area contributed by atoms with E-state index in [2.05, 4.69) is 29.7 Å². The topological polar surface area (TPSA) is 50.4 Å². The van der Waals surface area contributed by atoms with Gasteiger partial charge in [-0.2, -0.15) is 0 Å². The summed E-state index contributed by atoms with van der Waals surface area (Å²) in [7, 11) is 0. The van der Waals surface area contributed by atoms with Crippen LogP contribution < -0.4 is 15.4 Å². The minimum absolute atomic E-state index is 0.129. The second-order valence-electron chi connectivity index (χ2n) is 5.56. The van der Waals surface area contributed by atoms with Crippen LogP contribution in [-0.4, -0.2) is 12.8 Å². The summed E-state index contributed by atoms with van der Waals surface area (Å²) in [4.78, 5) is 11.9. The maximum absolute atomic E-state index is 11.9. The van der Waals surface area contributed by atoms with Gasteiger partial charge in [-0.25, -0.2) is 4.79 Å². The molecule has 23 heavy (non-hydrogen) atoms. The van der Waals surface area contributed by atoms with Crippen LogP contribution in [0.15, 0.2) is 42.5 Å². The molecule has 0 aliphatic rings. The smallest absolute Gasteiger partial charge is 0.321 e. The van der Waals surface area contributed by atoms with E-state index in [-0.39, 0.29) is 12.8 Å². The number of anilines is 1. The molecule has 0 saturated carbocycles. The molecule has 0 unspecified atom stereocenters. The number of nitrogens with one attached hydrogen (secondary N) is 2. The molecule has 0 bridgehead atoms. The highest BCUT2D eigenvalue weighted by atomic mass is 16.5. The minimum atomic E-state index is -0.277. The molecule has 0 radical (unpaired) electrons. The molecule has 0 saturated heterocycles. The molecular weight excluding hydrogens is 288 g/mol. The third-order valence-electron chi connectivity index (χ3n) is 3.79. The predicted molar refractivity (Wildman–Crippen MR) is 94.0 cm³/mol. The van der Waals surface area contributed by atoms with E-state index in [9.17, 15) is 4.79 Å². The molecule has 2 N–H and O–H groups in total. The minimum Gasteiger partial charge on any atom is -0.473 e. The van der Waals surface area contributed by atoms with Gasteiger partial charge in [-0.15, -0.1) is 0 Å². The van der Waals surface area contributed by atoms with Crippen LogP contribution in [0.5, 0.6) is 5.75 Å². The van der Waals surface area contributed by atoms with E-state index < -0.39 is 0 Å². The maximum atomic E-state index is 11.9. The standard InChI is InChI=1S/C19H24N2O2/c1-4-6-16-9-11-17(12-10-16)23-13-20-19(22)21-18-8-5-7-14(2)15(18)3/h5,7-12H,4,6,13H2,1-3H3,(H2,20,21,22). The van der Waals surface area contributed by atoms with Crippen molar-refractivity contribution < 1.29 is 9.53 Å². The Morgan fingerprint density at radius 1 is 1.09 bits per heavy atom. The summed E-state index contributed by atoms with van der Waals surface area (Å²) in [6.45, 7) is 6.29. The van der Waals surface area contributed by atoms with Crippen molar-refractivity contribution in [3.63, 3.8) is 0 Å². The molecule has 122 valence electrons. The normalized spacial score (nSPS) is 10.2. The Morgan fingerprint density at radius 2 is 1.83 bits per heavy atom. The van der Waals surface area contributed by atoms with Crippen LogP contribution in [-0.2, 0) is 6.42 Å². The van der Waals surface area contributed by atoms with Gasteiger partial charge < -0.3 is 15.4 Å². The fourth-order valence-electron chi connectivity index (χ4n) is 2.28. The number of amides is 2. The number of urea groups is 1. The van der Waals surface area contributed by atoms with Gasteiger partial charge in [0.2, 0.25) is 0 Å². The number of carbonyl (C=O) groups is 1. The van der Waals surface area contributed by atoms with Crippen molar-refractivity contribution in [3.05, 3.63) is 59.2 Å². The number of hydrogen-bond acceptors (Lipinski definition) is 2. The third kappa shape index (κ3) is 5.02. The summed E-state index contributed by atoms with van der Waals surface area (Å²) in [5.41, 5.74) is 4.31. The molecule has 2 rings (SSSR count). The van der Waals surface area contributed by atoms with Crippen molar-refractivity contribution in [2.24, 2.45) is 0 Å². The molecule has 0 aliphatic carbocycles. The highest BCUT2D eigenvalue weighted by Gasteiger charge is 2.05. The first kappa shape index (κ1) is 16.9. The first-order valence-electron chi connectivity index (χ1n) is 7.93. The molecule has 4 heteroatoms. The Bertz CT molecular complexity index is 651. The molecule has 2 amide bonds. The molecule has 0 aliphatic heterocycles. The quantitative estimate of drug-likeness (QED) is 0.776. The number of benzene rings is 2. The van der Waals surface area contributed by atoms with E-state index in [0.717, 1.165) is 35.4 Å². The molecule has 0 spiro atoms. The van der Waals surface area contributed by atoms with Crippen LogP contribution in [0.25, 0.3) is 0 Å². The lowest BCUT2D eigenvalue weighted by Gasteiger charge is -2.12. The Hall–Kier alpha value is -2.49. The van der Waals surface area contributed by atoms with E-state index >= 15 is 0 Å². The summed E-state index contributed by atoms with van der Waals surface area (Å²) < 4.78 is 5.53. The lowest BCUT2D eigenvalue weighted by atomic mass is 10.1. The van der Waals surface area contributed by atoms with Gasteiger partial charge in [-0.3, -0.25) is 0 Å². The summed E-state index contributed by atoms with van der Waals surface area (Å²) in [5.74, 6) is 0.747. The Balaban J connectivity index is 1.79. The van der Waals surface area contributed by atoms with Gasteiger partial charge in [0.25, 0.3) is 0 Å². The van der Waals surface area contributed by atoms with Gasteiger partial charge in [0.05, 0.1) is 0 Å². The van der Waals surface area contributed by atoms with Crippen molar-refractivity contribution in [1.82, 2.24) is 5.32 Å². The molecule has 0 aromatic heterocycles. The maximum Gasteiger partial charge on any atom is 0.321 e. The molecule has 0 heterocycles. The summed E-state index contributed by atoms with van der Waals surface area (Å²) in [6.07, 6.45) is 2.19. The van der Waals surface area contributed by atoms with Crippen LogP contribution in [0.4, 0.5) is 10.5 Å². The van der Waals surface area contributed by atoms with E-state index in [1.165, 1.54) is 5.56 Å². The number of aryl methyl sites for hydroxylation is 2. The van der Waals surface area contributed by atoms with Crippen LogP contribution in [0.2, 0.25) is 0 Å². The second-order valence-corrected chi connectivity index (χ2v) is 5.56. The predicted octanol–water partition coefficient (Wildman–Crippen LogP) is 4.41. The monoisotopic (exact) mass is 312 g/mol. The van der Waals surface area contributed by atoms with Gasteiger partial charge in [-0.05, 0) is 55.2 Å². The molecular formula is C19H24N2O2. The summed E-state index contributed by atoms with van der Waals surface area (Å²) in [5, 5.41) is 5.53. The highest BCUT2D eigenvalue weighted by Crippen LogP contribution is 2.17. The lowest BCUT2D eigenvalue weighted by Crippen LogP contribution is -2.32. The Labute approximate surface area is 137 Å². The molecule has 0 fully saturated rings. The van der Waals surface area contributed by atoms with Crippen LogP contribution in [0, 0.1) is 13.8 Å². The fraction of sp³-hybridized carbons (Fsp3) is 0.316. The zero-order valence-electron chi connectivity index (χ0n) is 14.0. The van der Waals surface area contributed by atoms with Gasteiger partial charge in [0.15, 0.2) is 6.73 Å². The van der Waals surface area contributed by atoms with E-state index in [1.54, 1.807) is 0 Å². The van der Waals surface area contributed by atoms with Crippen LogP contribution >= 0.6 is 0 Å². The largest absolute Gasteiger partial charge is 0.473 e. The zero-order valence-corrected chi connectivity index (χ0v) is 14.0. The van der Waals surface area contributed by atoms with Crippen molar-refractivity contribution in [2.75, 3.05) is 12.0 Å². The lowest BCUT2D eigenvalue weighted by molar-refractivity contribution is 0.234. The van der Waals surface area contributed by atoms with Gasteiger partial charge in [0.1, 0.15) is 5.75 Å². The van der Waals surface area contributed by atoms with Crippen LogP contribution in [0.3, 0.4) is 0 Å². The average molecular weight is 312 g/mol. The van der Waals surface area contributed by atoms with E-state index in [1.807, 2.05) is 44.2 Å². The first-order chi connectivity index (χ1) is 11.1. The van der Waals surface area contributed by atoms with E-state index in [4.69, 9.17) is 4.74 Å². The van der Waals surface area contributed by atoms with Gasteiger partial charge in [0, 0.05) is 5.69 Å². The molecule has 2 aromatic rings. The SMILES string of the molecule is CCCc1ccc(OCNC(=O)Nc2cccc(C)c2C)cc1. The van der Waals surface area contributed by atoms with Crippen molar-refractivity contribution in [2.45, 2.75) is 33.6 Å². The number of ether oxygens (including phenoxy) is 1. The first-order valence-corrected chi connectivity index (χ1v) is 7.93. The average Bonchev–Trinajstić information content (AvgIpc) is 2.54. The Kier molecular flexibility index (Phi) is 6.03. The summed E-state index contributed by atoms with van der Waals surface area (Å²) in [6, 6.07) is 13.5. The molecule has 2 aromatic carbocycles. The number of carbonyl (C=O) groups excluding carboxylic acids is 1. The number of hydrogen-bond donors (Lipinski definition) is 2. The highest BCUT2D eigenvalue weighted by molar-refractivity contribution is 5.90. The van der Waals surface area contributed by atoms with Crippen molar-refractivity contribution in [1.29, 1.82) is 0 Å². The van der Waals surface area contributed by atoms with E-state index in [0.29, 0.717) is 0 Å². The molecule has 0 atom stereocenters. The molecule has 4 nitrogen and oxygen atoms in total. The fourth-order valence-corrected chi connectivity index (χ4v) is 2.28.